The van der Waals surface area contributed by atoms with Crippen LogP contribution in [0.1, 0.15) is 20.3 Å². The Labute approximate surface area is 63.7 Å². The molecular weight excluding hydrogens is 122 g/mol. The lowest BCUT2D eigenvalue weighted by Gasteiger charge is -2.15. The summed E-state index contributed by atoms with van der Waals surface area (Å²) in [6.07, 6.45) is 3.31. The van der Waals surface area contributed by atoms with E-state index in [0.717, 1.165) is 12.6 Å². The molecule has 1 fully saturated rings. The van der Waals surface area contributed by atoms with Crippen LogP contribution in [0.15, 0.2) is 12.7 Å². The minimum Gasteiger partial charge on any atom is -0.299 e. The molecule has 1 rings (SSSR count). The minimum absolute atomic E-state index is 0.567. The molecule has 0 radical (unpaired) electrons. The van der Waals surface area contributed by atoms with Crippen molar-refractivity contribution in [1.82, 2.24) is 4.90 Å². The molecule has 1 unspecified atom stereocenters. The SMILES string of the molecule is C=CCN(C)C1CC1(C)C. The zero-order valence-corrected chi connectivity index (χ0v) is 7.22. The van der Waals surface area contributed by atoms with Crippen molar-refractivity contribution in [2.24, 2.45) is 5.41 Å². The average molecular weight is 139 g/mol. The molecule has 0 heterocycles. The van der Waals surface area contributed by atoms with Gasteiger partial charge < -0.3 is 0 Å². The van der Waals surface area contributed by atoms with Crippen molar-refractivity contribution in [2.75, 3.05) is 13.6 Å². The number of hydrogen-bond acceptors (Lipinski definition) is 1. The summed E-state index contributed by atoms with van der Waals surface area (Å²) in [6.45, 7) is 9.37. The summed E-state index contributed by atoms with van der Waals surface area (Å²) in [5.41, 5.74) is 0.567. The van der Waals surface area contributed by atoms with Crippen LogP contribution in [0.25, 0.3) is 0 Å². The van der Waals surface area contributed by atoms with E-state index >= 15 is 0 Å². The van der Waals surface area contributed by atoms with E-state index < -0.39 is 0 Å². The molecule has 0 spiro atoms. The molecule has 0 aromatic rings. The molecule has 1 saturated carbocycles. The Bertz CT molecular complexity index is 138. The average Bonchev–Trinajstić information content (AvgIpc) is 2.41. The second-order valence-electron chi connectivity index (χ2n) is 3.94. The first-order valence-corrected chi connectivity index (χ1v) is 3.89. The lowest BCUT2D eigenvalue weighted by molar-refractivity contribution is 0.316. The van der Waals surface area contributed by atoms with E-state index in [2.05, 4.69) is 32.4 Å². The topological polar surface area (TPSA) is 3.24 Å². The third kappa shape index (κ3) is 1.40. The monoisotopic (exact) mass is 139 g/mol. The number of hydrogen-bond donors (Lipinski definition) is 0. The maximum Gasteiger partial charge on any atom is 0.0160 e. The van der Waals surface area contributed by atoms with Gasteiger partial charge in [0, 0.05) is 12.6 Å². The molecule has 1 aliphatic rings. The Kier molecular flexibility index (Phi) is 1.86. The van der Waals surface area contributed by atoms with E-state index in [9.17, 15) is 0 Å². The summed E-state index contributed by atoms with van der Waals surface area (Å²) in [5.74, 6) is 0. The summed E-state index contributed by atoms with van der Waals surface area (Å²) >= 11 is 0. The van der Waals surface area contributed by atoms with Crippen molar-refractivity contribution < 1.29 is 0 Å². The molecule has 1 atom stereocenters. The van der Waals surface area contributed by atoms with Gasteiger partial charge in [-0.1, -0.05) is 19.9 Å². The highest BCUT2D eigenvalue weighted by Gasteiger charge is 2.47. The van der Waals surface area contributed by atoms with Gasteiger partial charge in [-0.2, -0.15) is 0 Å². The molecule has 0 aromatic carbocycles. The molecular formula is C9H17N. The standard InChI is InChI=1S/C9H17N/c1-5-6-10(4)8-7-9(8,2)3/h5,8H,1,6-7H2,2-4H3. The Hall–Kier alpha value is -0.300. The van der Waals surface area contributed by atoms with Crippen molar-refractivity contribution in [3.8, 4) is 0 Å². The third-order valence-corrected chi connectivity index (χ3v) is 2.41. The summed E-state index contributed by atoms with van der Waals surface area (Å²) in [7, 11) is 2.17. The fourth-order valence-electron chi connectivity index (χ4n) is 1.52. The van der Waals surface area contributed by atoms with Gasteiger partial charge in [-0.05, 0) is 18.9 Å². The van der Waals surface area contributed by atoms with E-state index in [4.69, 9.17) is 0 Å². The highest BCUT2D eigenvalue weighted by atomic mass is 15.2. The van der Waals surface area contributed by atoms with Gasteiger partial charge in [0.1, 0.15) is 0 Å². The summed E-state index contributed by atoms with van der Waals surface area (Å²) < 4.78 is 0. The number of rotatable bonds is 3. The quantitative estimate of drug-likeness (QED) is 0.540. The van der Waals surface area contributed by atoms with Gasteiger partial charge in [0.05, 0.1) is 0 Å². The second-order valence-corrected chi connectivity index (χ2v) is 3.94. The molecule has 1 heteroatoms. The van der Waals surface area contributed by atoms with Crippen LogP contribution >= 0.6 is 0 Å². The van der Waals surface area contributed by atoms with E-state index in [1.54, 1.807) is 0 Å². The molecule has 0 amide bonds. The van der Waals surface area contributed by atoms with Crippen molar-refractivity contribution in [3.63, 3.8) is 0 Å². The fraction of sp³-hybridized carbons (Fsp3) is 0.778. The second kappa shape index (κ2) is 2.39. The lowest BCUT2D eigenvalue weighted by atomic mass is 10.2. The fourth-order valence-corrected chi connectivity index (χ4v) is 1.52. The molecule has 0 aliphatic heterocycles. The lowest BCUT2D eigenvalue weighted by Crippen LogP contribution is -2.23. The van der Waals surface area contributed by atoms with Crippen molar-refractivity contribution >= 4 is 0 Å². The number of nitrogens with zero attached hydrogens (tertiary/aromatic N) is 1. The van der Waals surface area contributed by atoms with E-state index in [1.807, 2.05) is 6.08 Å². The van der Waals surface area contributed by atoms with Crippen molar-refractivity contribution in [1.29, 1.82) is 0 Å². The highest BCUT2D eigenvalue weighted by molar-refractivity contribution is 5.02. The zero-order valence-electron chi connectivity index (χ0n) is 7.22. The Morgan fingerprint density at radius 1 is 1.70 bits per heavy atom. The predicted octanol–water partition coefficient (Wildman–Crippen LogP) is 1.90. The maximum atomic E-state index is 3.72. The van der Waals surface area contributed by atoms with Crippen LogP contribution in [0.4, 0.5) is 0 Å². The Morgan fingerprint density at radius 3 is 2.50 bits per heavy atom. The summed E-state index contributed by atoms with van der Waals surface area (Å²) in [6, 6.07) is 0.797. The first kappa shape index (κ1) is 7.80. The van der Waals surface area contributed by atoms with Crippen LogP contribution in [0, 0.1) is 5.41 Å². The first-order valence-electron chi connectivity index (χ1n) is 3.89. The molecule has 58 valence electrons. The molecule has 10 heavy (non-hydrogen) atoms. The van der Waals surface area contributed by atoms with Crippen LogP contribution in [0.5, 0.6) is 0 Å². The molecule has 0 N–H and O–H groups in total. The molecule has 1 nitrogen and oxygen atoms in total. The normalized spacial score (nSPS) is 28.6. The van der Waals surface area contributed by atoms with Crippen LogP contribution in [0.2, 0.25) is 0 Å². The van der Waals surface area contributed by atoms with E-state index in [1.165, 1.54) is 6.42 Å². The van der Waals surface area contributed by atoms with Gasteiger partial charge in [0.15, 0.2) is 0 Å². The smallest absolute Gasteiger partial charge is 0.0160 e. The van der Waals surface area contributed by atoms with Crippen LogP contribution in [-0.2, 0) is 0 Å². The third-order valence-electron chi connectivity index (χ3n) is 2.41. The van der Waals surface area contributed by atoms with Gasteiger partial charge in [-0.15, -0.1) is 6.58 Å². The van der Waals surface area contributed by atoms with E-state index in [-0.39, 0.29) is 0 Å². The largest absolute Gasteiger partial charge is 0.299 e. The zero-order chi connectivity index (χ0) is 7.78. The first-order chi connectivity index (χ1) is 4.58. The predicted molar refractivity (Wildman–Crippen MR) is 45.0 cm³/mol. The van der Waals surface area contributed by atoms with Crippen LogP contribution in [0.3, 0.4) is 0 Å². The Morgan fingerprint density at radius 2 is 2.20 bits per heavy atom. The van der Waals surface area contributed by atoms with Gasteiger partial charge in [0.25, 0.3) is 0 Å². The maximum absolute atomic E-state index is 3.72. The van der Waals surface area contributed by atoms with Crippen LogP contribution < -0.4 is 0 Å². The van der Waals surface area contributed by atoms with Crippen molar-refractivity contribution in [3.05, 3.63) is 12.7 Å². The van der Waals surface area contributed by atoms with Gasteiger partial charge in [-0.3, -0.25) is 4.90 Å². The minimum atomic E-state index is 0.567. The highest BCUT2D eigenvalue weighted by Crippen LogP contribution is 2.47. The molecule has 1 aliphatic carbocycles. The Balaban J connectivity index is 2.32. The van der Waals surface area contributed by atoms with Gasteiger partial charge in [0.2, 0.25) is 0 Å². The molecule has 0 saturated heterocycles. The molecule has 0 aromatic heterocycles. The number of likely N-dealkylation sites (N-methyl/N-ethyl adjacent to an activating group) is 1. The van der Waals surface area contributed by atoms with E-state index in [0.29, 0.717) is 5.41 Å². The van der Waals surface area contributed by atoms with Gasteiger partial charge in [-0.25, -0.2) is 0 Å². The molecule has 0 bridgehead atoms. The van der Waals surface area contributed by atoms with Crippen LogP contribution in [-0.4, -0.2) is 24.5 Å². The summed E-state index contributed by atoms with van der Waals surface area (Å²) in [4.78, 5) is 2.37. The summed E-state index contributed by atoms with van der Waals surface area (Å²) in [5, 5.41) is 0. The van der Waals surface area contributed by atoms with Gasteiger partial charge >= 0.3 is 0 Å². The van der Waals surface area contributed by atoms with Crippen molar-refractivity contribution in [2.45, 2.75) is 26.3 Å².